The van der Waals surface area contributed by atoms with Gasteiger partial charge in [0.25, 0.3) is 0 Å². The van der Waals surface area contributed by atoms with E-state index in [1.807, 2.05) is 0 Å². The molecule has 1 heterocycles. The van der Waals surface area contributed by atoms with E-state index < -0.39 is 0 Å². The maximum Gasteiger partial charge on any atom is 0.0822 e. The normalized spacial score (nSPS) is 24.3. The van der Waals surface area contributed by atoms with Crippen LogP contribution in [0.5, 0.6) is 0 Å². The Labute approximate surface area is 55.0 Å². The summed E-state index contributed by atoms with van der Waals surface area (Å²) in [6, 6.07) is 0. The third kappa shape index (κ3) is 3.46. The number of hydrogen-bond donors (Lipinski definition) is 2. The van der Waals surface area contributed by atoms with Crippen LogP contribution in [-0.2, 0) is 4.74 Å². The molecule has 0 saturated carbocycles. The molecule has 0 aromatic carbocycles. The molecule has 3 heteroatoms. The van der Waals surface area contributed by atoms with E-state index in [2.05, 4.69) is 5.32 Å². The molecular weight excluding hydrogens is 118 g/mol. The van der Waals surface area contributed by atoms with Crippen molar-refractivity contribution in [2.24, 2.45) is 0 Å². The van der Waals surface area contributed by atoms with Crippen molar-refractivity contribution in [3.05, 3.63) is 0 Å². The van der Waals surface area contributed by atoms with Gasteiger partial charge in [0.1, 0.15) is 0 Å². The van der Waals surface area contributed by atoms with Crippen LogP contribution in [0.25, 0.3) is 0 Å². The topological polar surface area (TPSA) is 44.8 Å². The highest BCUT2D eigenvalue weighted by molar-refractivity contribution is 4.69. The van der Waals surface area contributed by atoms with Crippen LogP contribution in [-0.4, -0.2) is 37.5 Å². The highest BCUT2D eigenvalue weighted by atomic mass is 16.6. The SMILES string of the molecule is OCCNCCC1CO1. The van der Waals surface area contributed by atoms with Crippen LogP contribution in [0, 0.1) is 0 Å². The molecule has 0 bridgehead atoms. The fourth-order valence-corrected chi connectivity index (χ4v) is 0.702. The van der Waals surface area contributed by atoms with Crippen molar-refractivity contribution < 1.29 is 9.84 Å². The fraction of sp³-hybridized carbons (Fsp3) is 1.00. The third-order valence-electron chi connectivity index (χ3n) is 1.33. The third-order valence-corrected chi connectivity index (χ3v) is 1.33. The molecule has 0 spiro atoms. The number of aliphatic hydroxyl groups is 1. The first-order valence-corrected chi connectivity index (χ1v) is 3.36. The van der Waals surface area contributed by atoms with Gasteiger partial charge in [0, 0.05) is 6.54 Å². The first-order valence-electron chi connectivity index (χ1n) is 3.36. The highest BCUT2D eigenvalue weighted by Crippen LogP contribution is 2.11. The standard InChI is InChI=1S/C6H13NO2/c8-4-3-7-2-1-6-5-9-6/h6-8H,1-5H2. The molecule has 0 aromatic rings. The summed E-state index contributed by atoms with van der Waals surface area (Å²) in [4.78, 5) is 0. The first kappa shape index (κ1) is 6.99. The van der Waals surface area contributed by atoms with Gasteiger partial charge in [-0.15, -0.1) is 0 Å². The molecule has 1 rings (SSSR count). The summed E-state index contributed by atoms with van der Waals surface area (Å²) < 4.78 is 4.99. The van der Waals surface area contributed by atoms with Crippen molar-refractivity contribution in [3.63, 3.8) is 0 Å². The molecule has 9 heavy (non-hydrogen) atoms. The fourth-order valence-electron chi connectivity index (χ4n) is 0.702. The zero-order valence-corrected chi connectivity index (χ0v) is 5.47. The average Bonchev–Trinajstić information content (AvgIpc) is 2.63. The van der Waals surface area contributed by atoms with Gasteiger partial charge in [-0.25, -0.2) is 0 Å². The van der Waals surface area contributed by atoms with E-state index in [4.69, 9.17) is 9.84 Å². The van der Waals surface area contributed by atoms with E-state index in [1.54, 1.807) is 0 Å². The van der Waals surface area contributed by atoms with Crippen molar-refractivity contribution in [2.75, 3.05) is 26.3 Å². The van der Waals surface area contributed by atoms with E-state index in [1.165, 1.54) is 0 Å². The summed E-state index contributed by atoms with van der Waals surface area (Å²) in [6.45, 7) is 2.82. The largest absolute Gasteiger partial charge is 0.395 e. The summed E-state index contributed by atoms with van der Waals surface area (Å²) in [7, 11) is 0. The van der Waals surface area contributed by atoms with Gasteiger partial charge in [-0.3, -0.25) is 0 Å². The van der Waals surface area contributed by atoms with Crippen molar-refractivity contribution in [3.8, 4) is 0 Å². The van der Waals surface area contributed by atoms with Crippen LogP contribution in [0.3, 0.4) is 0 Å². The zero-order chi connectivity index (χ0) is 6.53. The van der Waals surface area contributed by atoms with Gasteiger partial charge in [-0.1, -0.05) is 0 Å². The van der Waals surface area contributed by atoms with Crippen LogP contribution in [0.4, 0.5) is 0 Å². The molecule has 1 unspecified atom stereocenters. The van der Waals surface area contributed by atoms with Crippen LogP contribution in [0.2, 0.25) is 0 Å². The second kappa shape index (κ2) is 3.82. The van der Waals surface area contributed by atoms with Gasteiger partial charge in [0.2, 0.25) is 0 Å². The molecule has 3 nitrogen and oxygen atoms in total. The van der Waals surface area contributed by atoms with Crippen molar-refractivity contribution in [2.45, 2.75) is 12.5 Å². The predicted octanol–water partition coefficient (Wildman–Crippen LogP) is -0.643. The number of nitrogens with one attached hydrogen (secondary N) is 1. The van der Waals surface area contributed by atoms with E-state index in [9.17, 15) is 0 Å². The maximum absolute atomic E-state index is 8.35. The Balaban J connectivity index is 1.71. The van der Waals surface area contributed by atoms with Gasteiger partial charge < -0.3 is 15.2 Å². The number of rotatable bonds is 5. The lowest BCUT2D eigenvalue weighted by atomic mass is 10.3. The molecule has 0 amide bonds. The molecule has 1 atom stereocenters. The Morgan fingerprint density at radius 3 is 2.89 bits per heavy atom. The van der Waals surface area contributed by atoms with Crippen LogP contribution >= 0.6 is 0 Å². The first-order chi connectivity index (χ1) is 4.43. The van der Waals surface area contributed by atoms with Crippen molar-refractivity contribution in [1.29, 1.82) is 0 Å². The van der Waals surface area contributed by atoms with E-state index in [0.29, 0.717) is 12.6 Å². The molecule has 1 aliphatic heterocycles. The molecule has 54 valence electrons. The Morgan fingerprint density at radius 1 is 1.56 bits per heavy atom. The monoisotopic (exact) mass is 131 g/mol. The van der Waals surface area contributed by atoms with Crippen molar-refractivity contribution in [1.82, 2.24) is 5.32 Å². The lowest BCUT2D eigenvalue weighted by molar-refractivity contribution is 0.290. The minimum absolute atomic E-state index is 0.228. The Morgan fingerprint density at radius 2 is 2.33 bits per heavy atom. The zero-order valence-electron chi connectivity index (χ0n) is 5.47. The quantitative estimate of drug-likeness (QED) is 0.385. The van der Waals surface area contributed by atoms with Gasteiger partial charge in [0.15, 0.2) is 0 Å². The van der Waals surface area contributed by atoms with E-state index in [0.717, 1.165) is 19.6 Å². The molecule has 1 saturated heterocycles. The molecule has 1 fully saturated rings. The minimum atomic E-state index is 0.228. The summed E-state index contributed by atoms with van der Waals surface area (Å²) in [5.41, 5.74) is 0. The number of epoxide rings is 1. The van der Waals surface area contributed by atoms with E-state index in [-0.39, 0.29) is 6.61 Å². The number of aliphatic hydroxyl groups excluding tert-OH is 1. The Bertz CT molecular complexity index is 73.5. The summed E-state index contributed by atoms with van der Waals surface area (Å²) >= 11 is 0. The Hall–Kier alpha value is -0.120. The summed E-state index contributed by atoms with van der Waals surface area (Å²) in [5.74, 6) is 0. The summed E-state index contributed by atoms with van der Waals surface area (Å²) in [5, 5.41) is 11.4. The molecule has 0 radical (unpaired) electrons. The van der Waals surface area contributed by atoms with Gasteiger partial charge in [-0.05, 0) is 13.0 Å². The lowest BCUT2D eigenvalue weighted by Crippen LogP contribution is -2.20. The molecular formula is C6H13NO2. The lowest BCUT2D eigenvalue weighted by Gasteiger charge is -1.97. The predicted molar refractivity (Wildman–Crippen MR) is 34.3 cm³/mol. The molecule has 0 aliphatic carbocycles. The molecule has 1 aliphatic rings. The van der Waals surface area contributed by atoms with Gasteiger partial charge in [-0.2, -0.15) is 0 Å². The average molecular weight is 131 g/mol. The van der Waals surface area contributed by atoms with Crippen LogP contribution < -0.4 is 5.32 Å². The second-order valence-corrected chi connectivity index (χ2v) is 2.22. The smallest absolute Gasteiger partial charge is 0.0822 e. The number of ether oxygens (including phenoxy) is 1. The van der Waals surface area contributed by atoms with Crippen LogP contribution in [0.15, 0.2) is 0 Å². The summed E-state index contributed by atoms with van der Waals surface area (Å²) in [6.07, 6.45) is 1.59. The maximum atomic E-state index is 8.35. The molecule has 0 aromatic heterocycles. The van der Waals surface area contributed by atoms with Crippen molar-refractivity contribution >= 4 is 0 Å². The van der Waals surface area contributed by atoms with Gasteiger partial charge >= 0.3 is 0 Å². The minimum Gasteiger partial charge on any atom is -0.395 e. The Kier molecular flexibility index (Phi) is 2.97. The van der Waals surface area contributed by atoms with E-state index >= 15 is 0 Å². The second-order valence-electron chi connectivity index (χ2n) is 2.22. The van der Waals surface area contributed by atoms with Crippen LogP contribution in [0.1, 0.15) is 6.42 Å². The number of hydrogen-bond acceptors (Lipinski definition) is 3. The highest BCUT2D eigenvalue weighted by Gasteiger charge is 2.20. The molecule has 2 N–H and O–H groups in total. The van der Waals surface area contributed by atoms with Gasteiger partial charge in [0.05, 0.1) is 19.3 Å².